The van der Waals surface area contributed by atoms with Crippen molar-refractivity contribution >= 4 is 17.6 Å². The zero-order valence-electron chi connectivity index (χ0n) is 13.8. The van der Waals surface area contributed by atoms with Crippen LogP contribution in [0.15, 0.2) is 24.3 Å². The zero-order chi connectivity index (χ0) is 16.7. The van der Waals surface area contributed by atoms with Crippen LogP contribution in [0.1, 0.15) is 18.9 Å². The molecule has 0 radical (unpaired) electrons. The van der Waals surface area contributed by atoms with Crippen molar-refractivity contribution in [1.29, 1.82) is 0 Å². The second-order valence-electron chi connectivity index (χ2n) is 5.75. The normalized spacial score (nSPS) is 17.4. The molecule has 0 unspecified atom stereocenters. The van der Waals surface area contributed by atoms with E-state index in [2.05, 4.69) is 17.6 Å². The molecule has 0 bridgehead atoms. The van der Waals surface area contributed by atoms with Crippen LogP contribution >= 0.6 is 0 Å². The van der Waals surface area contributed by atoms with E-state index in [0.29, 0.717) is 32.7 Å². The van der Waals surface area contributed by atoms with Gasteiger partial charge in [0, 0.05) is 44.8 Å². The second kappa shape index (κ2) is 8.53. The molecule has 0 spiro atoms. The summed E-state index contributed by atoms with van der Waals surface area (Å²) in [6, 6.07) is 7.52. The van der Waals surface area contributed by atoms with Crippen LogP contribution in [0.2, 0.25) is 0 Å². The minimum Gasteiger partial charge on any atom is -0.383 e. The van der Waals surface area contributed by atoms with Crippen LogP contribution in [0.5, 0.6) is 0 Å². The molecule has 2 N–H and O–H groups in total. The number of likely N-dealkylation sites (tertiary alicyclic amines) is 1. The predicted molar refractivity (Wildman–Crippen MR) is 89.4 cm³/mol. The summed E-state index contributed by atoms with van der Waals surface area (Å²) in [5.41, 5.74) is 1.93. The Morgan fingerprint density at radius 2 is 2.17 bits per heavy atom. The van der Waals surface area contributed by atoms with Gasteiger partial charge in [0.2, 0.25) is 5.91 Å². The first kappa shape index (κ1) is 17.3. The number of aryl methyl sites for hydroxylation is 1. The van der Waals surface area contributed by atoms with E-state index in [0.717, 1.165) is 17.7 Å². The monoisotopic (exact) mass is 319 g/mol. The third kappa shape index (κ3) is 4.96. The van der Waals surface area contributed by atoms with Gasteiger partial charge in [0.1, 0.15) is 0 Å². The van der Waals surface area contributed by atoms with Gasteiger partial charge in [-0.3, -0.25) is 4.79 Å². The lowest BCUT2D eigenvalue weighted by Gasteiger charge is -2.16. The quantitative estimate of drug-likeness (QED) is 0.806. The highest BCUT2D eigenvalue weighted by atomic mass is 16.5. The zero-order valence-corrected chi connectivity index (χ0v) is 13.8. The van der Waals surface area contributed by atoms with Gasteiger partial charge < -0.3 is 20.3 Å². The van der Waals surface area contributed by atoms with Gasteiger partial charge in [0.25, 0.3) is 0 Å². The Morgan fingerprint density at radius 3 is 2.91 bits per heavy atom. The fraction of sp³-hybridized carbons (Fsp3) is 0.529. The number of methoxy groups -OCH3 is 1. The number of para-hydroxylation sites is 1. The lowest BCUT2D eigenvalue weighted by molar-refractivity contribution is -0.128. The van der Waals surface area contributed by atoms with Gasteiger partial charge in [-0.05, 0) is 18.1 Å². The summed E-state index contributed by atoms with van der Waals surface area (Å²) in [5, 5.41) is 5.73. The average molecular weight is 319 g/mol. The fourth-order valence-electron chi connectivity index (χ4n) is 2.76. The van der Waals surface area contributed by atoms with E-state index in [1.165, 1.54) is 0 Å². The van der Waals surface area contributed by atoms with E-state index in [-0.39, 0.29) is 17.9 Å². The lowest BCUT2D eigenvalue weighted by atomic mass is 10.1. The molecule has 1 fully saturated rings. The minimum atomic E-state index is -0.228. The van der Waals surface area contributed by atoms with E-state index in [9.17, 15) is 9.59 Å². The summed E-state index contributed by atoms with van der Waals surface area (Å²) >= 11 is 0. The third-order valence-corrected chi connectivity index (χ3v) is 4.06. The van der Waals surface area contributed by atoms with Crippen LogP contribution in [-0.4, -0.2) is 50.2 Å². The Balaban J connectivity index is 1.78. The SMILES string of the molecule is CCc1ccccc1NC(=O)NC[C@@H]1CC(=O)N(CCOC)C1. The molecule has 3 amide bonds. The van der Waals surface area contributed by atoms with E-state index in [4.69, 9.17) is 4.74 Å². The van der Waals surface area contributed by atoms with Gasteiger partial charge in [-0.2, -0.15) is 0 Å². The number of hydrogen-bond donors (Lipinski definition) is 2. The van der Waals surface area contributed by atoms with Crippen molar-refractivity contribution in [3.8, 4) is 0 Å². The van der Waals surface area contributed by atoms with Crippen LogP contribution in [0.3, 0.4) is 0 Å². The van der Waals surface area contributed by atoms with Crippen molar-refractivity contribution in [2.24, 2.45) is 5.92 Å². The molecule has 2 rings (SSSR count). The number of urea groups is 1. The number of benzene rings is 1. The number of ether oxygens (including phenoxy) is 1. The van der Waals surface area contributed by atoms with Crippen molar-refractivity contribution < 1.29 is 14.3 Å². The van der Waals surface area contributed by atoms with Crippen LogP contribution in [0, 0.1) is 5.92 Å². The average Bonchev–Trinajstić information content (AvgIpc) is 2.91. The molecule has 0 aliphatic carbocycles. The number of nitrogens with one attached hydrogen (secondary N) is 2. The number of carbonyl (C=O) groups excluding carboxylic acids is 2. The molecule has 1 saturated heterocycles. The number of hydrogen-bond acceptors (Lipinski definition) is 3. The standard InChI is InChI=1S/C17H25N3O3/c1-3-14-6-4-5-7-15(14)19-17(22)18-11-13-10-16(21)20(12-13)8-9-23-2/h4-7,13H,3,8-12H2,1-2H3,(H2,18,19,22)/t13-/m0/s1. The van der Waals surface area contributed by atoms with Crippen LogP contribution in [-0.2, 0) is 16.0 Å². The van der Waals surface area contributed by atoms with Crippen molar-refractivity contribution in [3.05, 3.63) is 29.8 Å². The number of amides is 3. The fourth-order valence-corrected chi connectivity index (χ4v) is 2.76. The summed E-state index contributed by atoms with van der Waals surface area (Å²) in [7, 11) is 1.62. The molecule has 126 valence electrons. The van der Waals surface area contributed by atoms with Crippen molar-refractivity contribution in [2.75, 3.05) is 38.7 Å². The highest BCUT2D eigenvalue weighted by molar-refractivity contribution is 5.90. The molecule has 23 heavy (non-hydrogen) atoms. The lowest BCUT2D eigenvalue weighted by Crippen LogP contribution is -2.34. The largest absolute Gasteiger partial charge is 0.383 e. The van der Waals surface area contributed by atoms with Crippen LogP contribution in [0.4, 0.5) is 10.5 Å². The van der Waals surface area contributed by atoms with Gasteiger partial charge in [0.05, 0.1) is 6.61 Å². The minimum absolute atomic E-state index is 0.130. The molecule has 1 aromatic carbocycles. The third-order valence-electron chi connectivity index (χ3n) is 4.06. The maximum absolute atomic E-state index is 12.0. The summed E-state index contributed by atoms with van der Waals surface area (Å²) in [4.78, 5) is 25.7. The van der Waals surface area contributed by atoms with Gasteiger partial charge in [0.15, 0.2) is 0 Å². The molecule has 1 aliphatic rings. The topological polar surface area (TPSA) is 70.7 Å². The molecule has 6 nitrogen and oxygen atoms in total. The summed E-state index contributed by atoms with van der Waals surface area (Å²) in [6.45, 7) is 4.38. The van der Waals surface area contributed by atoms with E-state index in [1.807, 2.05) is 24.3 Å². The molecular formula is C17H25N3O3. The van der Waals surface area contributed by atoms with E-state index in [1.54, 1.807) is 12.0 Å². The predicted octanol–water partition coefficient (Wildman–Crippen LogP) is 1.87. The Kier molecular flexibility index (Phi) is 6.40. The first-order valence-electron chi connectivity index (χ1n) is 8.03. The van der Waals surface area contributed by atoms with E-state index >= 15 is 0 Å². The summed E-state index contributed by atoms with van der Waals surface area (Å²) in [6.07, 6.45) is 1.34. The summed E-state index contributed by atoms with van der Waals surface area (Å²) in [5.74, 6) is 0.289. The van der Waals surface area contributed by atoms with E-state index < -0.39 is 0 Å². The number of rotatable bonds is 7. The highest BCUT2D eigenvalue weighted by Gasteiger charge is 2.29. The molecule has 1 heterocycles. The molecule has 0 aromatic heterocycles. The van der Waals surface area contributed by atoms with Crippen LogP contribution < -0.4 is 10.6 Å². The van der Waals surface area contributed by atoms with Crippen LogP contribution in [0.25, 0.3) is 0 Å². The smallest absolute Gasteiger partial charge is 0.319 e. The van der Waals surface area contributed by atoms with Crippen molar-refractivity contribution in [1.82, 2.24) is 10.2 Å². The first-order chi connectivity index (χ1) is 11.1. The maximum atomic E-state index is 12.0. The molecule has 1 atom stereocenters. The molecule has 0 saturated carbocycles. The Bertz CT molecular complexity index is 548. The van der Waals surface area contributed by atoms with Gasteiger partial charge in [-0.25, -0.2) is 4.79 Å². The van der Waals surface area contributed by atoms with Crippen molar-refractivity contribution in [3.63, 3.8) is 0 Å². The molecule has 6 heteroatoms. The molecule has 1 aromatic rings. The van der Waals surface area contributed by atoms with Gasteiger partial charge >= 0.3 is 6.03 Å². The number of carbonyl (C=O) groups is 2. The second-order valence-corrected chi connectivity index (χ2v) is 5.75. The Labute approximate surface area is 137 Å². The first-order valence-corrected chi connectivity index (χ1v) is 8.03. The molecular weight excluding hydrogens is 294 g/mol. The number of nitrogens with zero attached hydrogens (tertiary/aromatic N) is 1. The number of anilines is 1. The van der Waals surface area contributed by atoms with Gasteiger partial charge in [-0.1, -0.05) is 25.1 Å². The summed E-state index contributed by atoms with van der Waals surface area (Å²) < 4.78 is 5.00. The van der Waals surface area contributed by atoms with Crippen molar-refractivity contribution in [2.45, 2.75) is 19.8 Å². The highest BCUT2D eigenvalue weighted by Crippen LogP contribution is 2.17. The molecule has 1 aliphatic heterocycles. The Hall–Kier alpha value is -2.08. The Morgan fingerprint density at radius 1 is 1.39 bits per heavy atom. The van der Waals surface area contributed by atoms with Gasteiger partial charge in [-0.15, -0.1) is 0 Å². The maximum Gasteiger partial charge on any atom is 0.319 e.